The predicted molar refractivity (Wildman–Crippen MR) is 119 cm³/mol. The lowest BCUT2D eigenvalue weighted by molar-refractivity contribution is 0.122. The van der Waals surface area contributed by atoms with E-state index in [9.17, 15) is 0 Å². The lowest BCUT2D eigenvalue weighted by Crippen LogP contribution is -2.36. The van der Waals surface area contributed by atoms with E-state index >= 15 is 0 Å². The average molecular weight is 389 g/mol. The van der Waals surface area contributed by atoms with Gasteiger partial charge >= 0.3 is 0 Å². The Labute approximate surface area is 173 Å². The third-order valence-electron chi connectivity index (χ3n) is 5.13. The summed E-state index contributed by atoms with van der Waals surface area (Å²) in [4.78, 5) is 2.36. The van der Waals surface area contributed by atoms with E-state index in [2.05, 4.69) is 77.8 Å². The summed E-state index contributed by atoms with van der Waals surface area (Å²) in [6.45, 7) is 6.98. The van der Waals surface area contributed by atoms with Gasteiger partial charge in [-0.05, 0) is 54.4 Å². The molecule has 3 aromatic rings. The Bertz CT molecular complexity index is 918. The molecule has 4 heteroatoms. The van der Waals surface area contributed by atoms with Crippen molar-refractivity contribution in [1.82, 2.24) is 0 Å². The minimum Gasteiger partial charge on any atom is -0.489 e. The van der Waals surface area contributed by atoms with Gasteiger partial charge in [0.1, 0.15) is 12.4 Å². The maximum atomic E-state index is 5.98. The summed E-state index contributed by atoms with van der Waals surface area (Å²) in [5, 5.41) is 3.50. The summed E-state index contributed by atoms with van der Waals surface area (Å²) in [5.41, 5.74) is 6.01. The van der Waals surface area contributed by atoms with E-state index in [0.717, 1.165) is 44.3 Å². The third kappa shape index (κ3) is 5.52. The lowest BCUT2D eigenvalue weighted by atomic mass is 10.1. The first kappa shape index (κ1) is 19.3. The van der Waals surface area contributed by atoms with E-state index < -0.39 is 0 Å². The van der Waals surface area contributed by atoms with Gasteiger partial charge in [0, 0.05) is 31.0 Å². The Morgan fingerprint density at radius 3 is 2.45 bits per heavy atom. The minimum atomic E-state index is 0.585. The maximum Gasteiger partial charge on any atom is 0.120 e. The number of anilines is 2. The van der Waals surface area contributed by atoms with E-state index in [1.54, 1.807) is 0 Å². The van der Waals surface area contributed by atoms with Crippen molar-refractivity contribution in [1.29, 1.82) is 0 Å². The second kappa shape index (κ2) is 9.48. The van der Waals surface area contributed by atoms with E-state index in [1.807, 2.05) is 12.1 Å². The van der Waals surface area contributed by atoms with Crippen LogP contribution in [0.15, 0.2) is 72.8 Å². The number of morpholine rings is 1. The van der Waals surface area contributed by atoms with E-state index in [0.29, 0.717) is 6.61 Å². The fraction of sp³-hybridized carbons (Fsp3) is 0.280. The topological polar surface area (TPSA) is 33.7 Å². The van der Waals surface area contributed by atoms with Crippen LogP contribution in [0.1, 0.15) is 16.7 Å². The molecule has 1 fully saturated rings. The number of benzene rings is 3. The maximum absolute atomic E-state index is 5.98. The summed E-state index contributed by atoms with van der Waals surface area (Å²) in [5.74, 6) is 0.897. The molecule has 0 saturated carbocycles. The van der Waals surface area contributed by atoms with Crippen molar-refractivity contribution in [2.75, 3.05) is 36.5 Å². The molecule has 29 heavy (non-hydrogen) atoms. The molecule has 0 spiro atoms. The average Bonchev–Trinajstić information content (AvgIpc) is 2.78. The first-order valence-corrected chi connectivity index (χ1v) is 10.2. The van der Waals surface area contributed by atoms with Crippen molar-refractivity contribution < 1.29 is 9.47 Å². The first-order valence-electron chi connectivity index (χ1n) is 10.2. The smallest absolute Gasteiger partial charge is 0.120 e. The summed E-state index contributed by atoms with van der Waals surface area (Å²) in [7, 11) is 0. The molecule has 1 N–H and O–H groups in total. The number of nitrogens with zero attached hydrogens (tertiary/aromatic N) is 1. The molecular weight excluding hydrogens is 360 g/mol. The summed E-state index contributed by atoms with van der Waals surface area (Å²) >= 11 is 0. The normalized spacial score (nSPS) is 13.9. The van der Waals surface area contributed by atoms with E-state index in [4.69, 9.17) is 9.47 Å². The van der Waals surface area contributed by atoms with Crippen LogP contribution in [0.4, 0.5) is 11.4 Å². The molecule has 1 saturated heterocycles. The number of hydrogen-bond donors (Lipinski definition) is 1. The molecule has 0 aromatic heterocycles. The van der Waals surface area contributed by atoms with Crippen molar-refractivity contribution >= 4 is 11.4 Å². The first-order chi connectivity index (χ1) is 14.3. The summed E-state index contributed by atoms with van der Waals surface area (Å²) < 4.78 is 11.4. The van der Waals surface area contributed by atoms with Crippen LogP contribution in [0.2, 0.25) is 0 Å². The summed E-state index contributed by atoms with van der Waals surface area (Å²) in [6, 6.07) is 25.3. The van der Waals surface area contributed by atoms with Crippen LogP contribution >= 0.6 is 0 Å². The molecule has 4 nitrogen and oxygen atoms in total. The van der Waals surface area contributed by atoms with Crippen LogP contribution < -0.4 is 15.0 Å². The SMILES string of the molecule is Cc1cccc(COc2cccc(CNc3ccc(N4CCOCC4)cc3)c2)c1. The molecule has 1 heterocycles. The van der Waals surface area contributed by atoms with Gasteiger partial charge in [0.2, 0.25) is 0 Å². The number of aryl methyl sites for hydroxylation is 1. The van der Waals surface area contributed by atoms with Gasteiger partial charge in [0.25, 0.3) is 0 Å². The molecule has 4 rings (SSSR count). The largest absolute Gasteiger partial charge is 0.489 e. The van der Waals surface area contributed by atoms with E-state index in [1.165, 1.54) is 22.4 Å². The molecule has 1 aliphatic rings. The highest BCUT2D eigenvalue weighted by Gasteiger charge is 2.10. The van der Waals surface area contributed by atoms with Crippen molar-refractivity contribution in [3.8, 4) is 5.75 Å². The van der Waals surface area contributed by atoms with Gasteiger partial charge < -0.3 is 19.7 Å². The minimum absolute atomic E-state index is 0.585. The van der Waals surface area contributed by atoms with Gasteiger partial charge in [0.05, 0.1) is 13.2 Å². The quantitative estimate of drug-likeness (QED) is 0.616. The predicted octanol–water partition coefficient (Wildman–Crippen LogP) is 5.02. The summed E-state index contributed by atoms with van der Waals surface area (Å²) in [6.07, 6.45) is 0. The van der Waals surface area contributed by atoms with Crippen LogP contribution in [0.5, 0.6) is 5.75 Å². The zero-order chi connectivity index (χ0) is 19.9. The molecule has 1 aliphatic heterocycles. The van der Waals surface area contributed by atoms with Gasteiger partial charge in [-0.15, -0.1) is 0 Å². The van der Waals surface area contributed by atoms with Crippen molar-refractivity contribution in [3.05, 3.63) is 89.5 Å². The molecule has 3 aromatic carbocycles. The van der Waals surface area contributed by atoms with Crippen molar-refractivity contribution in [2.45, 2.75) is 20.1 Å². The lowest BCUT2D eigenvalue weighted by Gasteiger charge is -2.28. The highest BCUT2D eigenvalue weighted by atomic mass is 16.5. The Morgan fingerprint density at radius 2 is 1.66 bits per heavy atom. The molecule has 0 amide bonds. The van der Waals surface area contributed by atoms with Gasteiger partial charge in [-0.2, -0.15) is 0 Å². The van der Waals surface area contributed by atoms with Crippen molar-refractivity contribution in [3.63, 3.8) is 0 Å². The highest BCUT2D eigenvalue weighted by molar-refractivity contribution is 5.55. The van der Waals surface area contributed by atoms with Gasteiger partial charge in [0.15, 0.2) is 0 Å². The number of nitrogens with one attached hydrogen (secondary N) is 1. The molecule has 0 unspecified atom stereocenters. The zero-order valence-corrected chi connectivity index (χ0v) is 16.9. The Kier molecular flexibility index (Phi) is 6.32. The third-order valence-corrected chi connectivity index (χ3v) is 5.13. The van der Waals surface area contributed by atoms with Crippen LogP contribution in [-0.4, -0.2) is 26.3 Å². The monoisotopic (exact) mass is 388 g/mol. The fourth-order valence-electron chi connectivity index (χ4n) is 3.53. The number of rotatable bonds is 7. The van der Waals surface area contributed by atoms with Gasteiger partial charge in [-0.3, -0.25) is 0 Å². The Morgan fingerprint density at radius 1 is 0.897 bits per heavy atom. The van der Waals surface area contributed by atoms with Crippen molar-refractivity contribution in [2.24, 2.45) is 0 Å². The number of hydrogen-bond acceptors (Lipinski definition) is 4. The second-order valence-corrected chi connectivity index (χ2v) is 7.42. The molecule has 0 radical (unpaired) electrons. The van der Waals surface area contributed by atoms with E-state index in [-0.39, 0.29) is 0 Å². The van der Waals surface area contributed by atoms with Crippen LogP contribution in [0.3, 0.4) is 0 Å². The molecule has 0 bridgehead atoms. The Hall–Kier alpha value is -2.98. The second-order valence-electron chi connectivity index (χ2n) is 7.42. The molecule has 0 atom stereocenters. The van der Waals surface area contributed by atoms with Gasteiger partial charge in [-0.1, -0.05) is 42.0 Å². The Balaban J connectivity index is 1.31. The van der Waals surface area contributed by atoms with Gasteiger partial charge in [-0.25, -0.2) is 0 Å². The number of ether oxygens (including phenoxy) is 2. The molecule has 0 aliphatic carbocycles. The molecule has 150 valence electrons. The van der Waals surface area contributed by atoms with Crippen LogP contribution in [0, 0.1) is 6.92 Å². The zero-order valence-electron chi connectivity index (χ0n) is 16.9. The van der Waals surface area contributed by atoms with Crippen LogP contribution in [-0.2, 0) is 17.9 Å². The standard InChI is InChI=1S/C25H28N2O2/c1-20-4-2-6-22(16-20)19-29-25-7-3-5-21(17-25)18-26-23-8-10-24(11-9-23)27-12-14-28-15-13-27/h2-11,16-17,26H,12-15,18-19H2,1H3. The van der Waals surface area contributed by atoms with Crippen LogP contribution in [0.25, 0.3) is 0 Å². The molecular formula is C25H28N2O2. The highest BCUT2D eigenvalue weighted by Crippen LogP contribution is 2.21. The fourth-order valence-corrected chi connectivity index (χ4v) is 3.53.